The Hall–Kier alpha value is -2.08. The predicted molar refractivity (Wildman–Crippen MR) is 55.2 cm³/mol. The maximum Gasteiger partial charge on any atom is 0.345 e. The highest BCUT2D eigenvalue weighted by Gasteiger charge is 2.09. The minimum absolute atomic E-state index is 0.127. The first-order chi connectivity index (χ1) is 7.19. The Morgan fingerprint density at radius 2 is 2.20 bits per heavy atom. The second-order valence-electron chi connectivity index (χ2n) is 2.91. The molecule has 0 atom stereocenters. The molecule has 0 aliphatic carbocycles. The maximum atomic E-state index is 11.2. The highest BCUT2D eigenvalue weighted by molar-refractivity contribution is 5.94. The van der Waals surface area contributed by atoms with Crippen molar-refractivity contribution in [2.24, 2.45) is 0 Å². The quantitative estimate of drug-likeness (QED) is 0.317. The van der Waals surface area contributed by atoms with Crippen molar-refractivity contribution in [1.29, 1.82) is 0 Å². The molecule has 76 valence electrons. The standard InChI is InChI=1S/C12H10O3/c1-3-4-10-5-6-11(9(2)7-10)12(14)15-8-13/h5-8H,1-2H3. The van der Waals surface area contributed by atoms with Gasteiger partial charge >= 0.3 is 12.4 Å². The predicted octanol–water partition coefficient (Wildman–Crippen LogP) is 1.68. The molecule has 0 bridgehead atoms. The fourth-order valence-corrected chi connectivity index (χ4v) is 1.22. The SMILES string of the molecule is CC#Cc1ccc(C(=O)OC=O)c(C)c1. The molecule has 3 nitrogen and oxygen atoms in total. The Morgan fingerprint density at radius 3 is 2.73 bits per heavy atom. The second-order valence-corrected chi connectivity index (χ2v) is 2.91. The van der Waals surface area contributed by atoms with Crippen LogP contribution in [0.25, 0.3) is 0 Å². The van der Waals surface area contributed by atoms with Gasteiger partial charge in [-0.1, -0.05) is 5.92 Å². The summed E-state index contributed by atoms with van der Waals surface area (Å²) in [4.78, 5) is 21.2. The Labute approximate surface area is 88.1 Å². The fourth-order valence-electron chi connectivity index (χ4n) is 1.22. The van der Waals surface area contributed by atoms with Crippen LogP contribution in [-0.4, -0.2) is 12.4 Å². The first kappa shape index (κ1) is 11.0. The number of benzene rings is 1. The molecule has 1 aromatic rings. The van der Waals surface area contributed by atoms with Crippen molar-refractivity contribution in [3.8, 4) is 11.8 Å². The van der Waals surface area contributed by atoms with E-state index in [1.54, 1.807) is 32.0 Å². The third kappa shape index (κ3) is 2.68. The summed E-state index contributed by atoms with van der Waals surface area (Å²) >= 11 is 0. The number of hydrogen-bond acceptors (Lipinski definition) is 3. The van der Waals surface area contributed by atoms with Gasteiger partial charge in [-0.05, 0) is 37.6 Å². The van der Waals surface area contributed by atoms with Crippen molar-refractivity contribution < 1.29 is 14.3 Å². The Morgan fingerprint density at radius 1 is 1.47 bits per heavy atom. The Kier molecular flexibility index (Phi) is 3.64. The average Bonchev–Trinajstić information content (AvgIpc) is 2.18. The molecule has 0 amide bonds. The molecule has 0 fully saturated rings. The normalized spacial score (nSPS) is 8.67. The Bertz CT molecular complexity index is 450. The highest BCUT2D eigenvalue weighted by atomic mass is 16.6. The number of carbonyl (C=O) groups is 2. The molecule has 1 rings (SSSR count). The lowest BCUT2D eigenvalue weighted by atomic mass is 10.1. The summed E-state index contributed by atoms with van der Waals surface area (Å²) < 4.78 is 4.25. The summed E-state index contributed by atoms with van der Waals surface area (Å²) in [6.07, 6.45) is 0. The van der Waals surface area contributed by atoms with Crippen molar-refractivity contribution in [2.75, 3.05) is 0 Å². The molecule has 0 saturated carbocycles. The van der Waals surface area contributed by atoms with Crippen LogP contribution < -0.4 is 0 Å². The number of rotatable bonds is 2. The van der Waals surface area contributed by atoms with Gasteiger partial charge in [-0.2, -0.15) is 0 Å². The van der Waals surface area contributed by atoms with Crippen molar-refractivity contribution in [3.63, 3.8) is 0 Å². The molecule has 0 aromatic heterocycles. The highest BCUT2D eigenvalue weighted by Crippen LogP contribution is 2.11. The van der Waals surface area contributed by atoms with Crippen molar-refractivity contribution in [1.82, 2.24) is 0 Å². The van der Waals surface area contributed by atoms with Crippen molar-refractivity contribution >= 4 is 12.4 Å². The topological polar surface area (TPSA) is 43.4 Å². The third-order valence-corrected chi connectivity index (χ3v) is 1.87. The second kappa shape index (κ2) is 4.97. The van der Waals surface area contributed by atoms with Crippen LogP contribution in [0.4, 0.5) is 0 Å². The van der Waals surface area contributed by atoms with E-state index in [0.29, 0.717) is 5.56 Å². The fraction of sp³-hybridized carbons (Fsp3) is 0.167. The minimum atomic E-state index is -0.640. The van der Waals surface area contributed by atoms with Gasteiger partial charge in [-0.3, -0.25) is 4.79 Å². The monoisotopic (exact) mass is 202 g/mol. The van der Waals surface area contributed by atoms with Gasteiger partial charge in [0.05, 0.1) is 5.56 Å². The molecule has 0 aliphatic heterocycles. The average molecular weight is 202 g/mol. The maximum absolute atomic E-state index is 11.2. The minimum Gasteiger partial charge on any atom is -0.392 e. The molecule has 0 saturated heterocycles. The van der Waals surface area contributed by atoms with Crippen LogP contribution >= 0.6 is 0 Å². The molecule has 0 radical (unpaired) electrons. The number of aryl methyl sites for hydroxylation is 1. The van der Waals surface area contributed by atoms with Crippen LogP contribution in [0.15, 0.2) is 18.2 Å². The first-order valence-corrected chi connectivity index (χ1v) is 4.37. The van der Waals surface area contributed by atoms with E-state index in [0.717, 1.165) is 11.1 Å². The van der Waals surface area contributed by atoms with E-state index < -0.39 is 5.97 Å². The van der Waals surface area contributed by atoms with Crippen LogP contribution in [0.2, 0.25) is 0 Å². The first-order valence-electron chi connectivity index (χ1n) is 4.37. The van der Waals surface area contributed by atoms with Gasteiger partial charge in [0.15, 0.2) is 0 Å². The molecule has 0 heterocycles. The summed E-state index contributed by atoms with van der Waals surface area (Å²) in [5, 5.41) is 0. The number of ether oxygens (including phenoxy) is 1. The zero-order valence-corrected chi connectivity index (χ0v) is 8.53. The molecular formula is C12H10O3. The zero-order chi connectivity index (χ0) is 11.3. The van der Waals surface area contributed by atoms with Gasteiger partial charge < -0.3 is 4.74 Å². The van der Waals surface area contributed by atoms with Crippen LogP contribution in [0.3, 0.4) is 0 Å². The third-order valence-electron chi connectivity index (χ3n) is 1.87. The van der Waals surface area contributed by atoms with E-state index in [2.05, 4.69) is 16.6 Å². The lowest BCUT2D eigenvalue weighted by Gasteiger charge is -2.02. The van der Waals surface area contributed by atoms with Crippen LogP contribution in [-0.2, 0) is 9.53 Å². The summed E-state index contributed by atoms with van der Waals surface area (Å²) in [6.45, 7) is 3.63. The molecule has 3 heteroatoms. The van der Waals surface area contributed by atoms with E-state index in [-0.39, 0.29) is 6.47 Å². The van der Waals surface area contributed by atoms with E-state index >= 15 is 0 Å². The molecule has 0 unspecified atom stereocenters. The van der Waals surface area contributed by atoms with Crippen LogP contribution in [0.1, 0.15) is 28.4 Å². The van der Waals surface area contributed by atoms with E-state index in [4.69, 9.17) is 0 Å². The number of hydrogen-bond donors (Lipinski definition) is 0. The van der Waals surface area contributed by atoms with Gasteiger partial charge in [-0.15, -0.1) is 5.92 Å². The lowest BCUT2D eigenvalue weighted by Crippen LogP contribution is -2.05. The van der Waals surface area contributed by atoms with E-state index in [1.165, 1.54) is 0 Å². The summed E-state index contributed by atoms with van der Waals surface area (Å²) in [5.41, 5.74) is 1.95. The van der Waals surface area contributed by atoms with Crippen LogP contribution in [0, 0.1) is 18.8 Å². The summed E-state index contributed by atoms with van der Waals surface area (Å²) in [5.74, 6) is 5.00. The molecular weight excluding hydrogens is 192 g/mol. The largest absolute Gasteiger partial charge is 0.392 e. The van der Waals surface area contributed by atoms with Crippen molar-refractivity contribution in [2.45, 2.75) is 13.8 Å². The van der Waals surface area contributed by atoms with E-state index in [1.807, 2.05) is 0 Å². The Balaban J connectivity index is 3.06. The molecule has 0 aliphatic rings. The lowest BCUT2D eigenvalue weighted by molar-refractivity contribution is -0.123. The van der Waals surface area contributed by atoms with Crippen molar-refractivity contribution in [3.05, 3.63) is 34.9 Å². The molecule has 0 N–H and O–H groups in total. The number of esters is 1. The van der Waals surface area contributed by atoms with Crippen LogP contribution in [0.5, 0.6) is 0 Å². The van der Waals surface area contributed by atoms with Gasteiger partial charge in [0, 0.05) is 5.56 Å². The molecule has 0 spiro atoms. The summed E-state index contributed by atoms with van der Waals surface area (Å²) in [6, 6.07) is 5.09. The molecule has 15 heavy (non-hydrogen) atoms. The molecule has 1 aromatic carbocycles. The number of carbonyl (C=O) groups excluding carboxylic acids is 2. The smallest absolute Gasteiger partial charge is 0.345 e. The van der Waals surface area contributed by atoms with Gasteiger partial charge in [0.25, 0.3) is 0 Å². The zero-order valence-electron chi connectivity index (χ0n) is 8.53. The summed E-state index contributed by atoms with van der Waals surface area (Å²) in [7, 11) is 0. The van der Waals surface area contributed by atoms with E-state index in [9.17, 15) is 9.59 Å². The van der Waals surface area contributed by atoms with Gasteiger partial charge in [0.2, 0.25) is 0 Å². The van der Waals surface area contributed by atoms with Gasteiger partial charge in [-0.25, -0.2) is 4.79 Å². The van der Waals surface area contributed by atoms with Gasteiger partial charge in [0.1, 0.15) is 0 Å².